The van der Waals surface area contributed by atoms with Crippen molar-refractivity contribution in [3.05, 3.63) is 65.0 Å². The molecular formula is C17H20FNO. The lowest BCUT2D eigenvalue weighted by Crippen LogP contribution is -2.19. The van der Waals surface area contributed by atoms with Gasteiger partial charge >= 0.3 is 0 Å². The lowest BCUT2D eigenvalue weighted by atomic mass is 9.93. The summed E-state index contributed by atoms with van der Waals surface area (Å²) >= 11 is 0. The second-order valence-corrected chi connectivity index (χ2v) is 4.67. The molecule has 0 heterocycles. The fourth-order valence-corrected chi connectivity index (χ4v) is 2.50. The highest BCUT2D eigenvalue weighted by molar-refractivity contribution is 5.40. The molecule has 106 valence electrons. The summed E-state index contributed by atoms with van der Waals surface area (Å²) in [5.74, 6) is -0.0633. The highest BCUT2D eigenvalue weighted by atomic mass is 19.1. The number of methoxy groups -OCH3 is 1. The van der Waals surface area contributed by atoms with Crippen molar-refractivity contribution >= 4 is 0 Å². The molecule has 0 spiro atoms. The Morgan fingerprint density at radius 1 is 1.20 bits per heavy atom. The Morgan fingerprint density at radius 3 is 2.55 bits per heavy atom. The van der Waals surface area contributed by atoms with Gasteiger partial charge in [-0.15, -0.1) is 0 Å². The molecule has 20 heavy (non-hydrogen) atoms. The Kier molecular flexibility index (Phi) is 4.74. The van der Waals surface area contributed by atoms with Gasteiger partial charge in [-0.1, -0.05) is 37.3 Å². The van der Waals surface area contributed by atoms with Gasteiger partial charge in [-0.3, -0.25) is 0 Å². The summed E-state index contributed by atoms with van der Waals surface area (Å²) in [6, 6.07) is 13.3. The Hall–Kier alpha value is -1.87. The summed E-state index contributed by atoms with van der Waals surface area (Å²) in [7, 11) is 3.36. The third kappa shape index (κ3) is 2.83. The standard InChI is InChI=1S/C17H20FNO/c1-4-12-7-5-6-8-14(12)17(19-2)13-9-10-16(20-3)15(18)11-13/h5-11,17,19H,4H2,1-3H3. The average Bonchev–Trinajstić information content (AvgIpc) is 2.49. The number of halogens is 1. The monoisotopic (exact) mass is 273 g/mol. The van der Waals surface area contributed by atoms with Gasteiger partial charge in [0.1, 0.15) is 0 Å². The molecule has 0 aromatic heterocycles. The average molecular weight is 273 g/mol. The van der Waals surface area contributed by atoms with Crippen LogP contribution >= 0.6 is 0 Å². The molecule has 0 aliphatic heterocycles. The number of hydrogen-bond acceptors (Lipinski definition) is 2. The number of aryl methyl sites for hydroxylation is 1. The van der Waals surface area contributed by atoms with Crippen LogP contribution in [0.4, 0.5) is 4.39 Å². The van der Waals surface area contributed by atoms with Gasteiger partial charge in [0.2, 0.25) is 0 Å². The van der Waals surface area contributed by atoms with E-state index >= 15 is 0 Å². The van der Waals surface area contributed by atoms with Crippen LogP contribution in [-0.2, 0) is 6.42 Å². The van der Waals surface area contributed by atoms with E-state index in [2.05, 4.69) is 24.4 Å². The molecule has 2 nitrogen and oxygen atoms in total. The lowest BCUT2D eigenvalue weighted by Gasteiger charge is -2.20. The van der Waals surface area contributed by atoms with Crippen molar-refractivity contribution in [1.29, 1.82) is 0 Å². The summed E-state index contributed by atoms with van der Waals surface area (Å²) in [5.41, 5.74) is 3.34. The minimum atomic E-state index is -0.334. The van der Waals surface area contributed by atoms with Gasteiger partial charge in [-0.25, -0.2) is 4.39 Å². The number of hydrogen-bond donors (Lipinski definition) is 1. The summed E-state index contributed by atoms with van der Waals surface area (Å²) in [4.78, 5) is 0. The second-order valence-electron chi connectivity index (χ2n) is 4.67. The van der Waals surface area contributed by atoms with Crippen molar-refractivity contribution in [2.45, 2.75) is 19.4 Å². The van der Waals surface area contributed by atoms with Crippen molar-refractivity contribution in [2.75, 3.05) is 14.2 Å². The topological polar surface area (TPSA) is 21.3 Å². The van der Waals surface area contributed by atoms with E-state index < -0.39 is 0 Å². The highest BCUT2D eigenvalue weighted by Crippen LogP contribution is 2.28. The third-order valence-electron chi connectivity index (χ3n) is 3.54. The molecule has 2 aromatic rings. The molecule has 0 amide bonds. The Labute approximate surface area is 119 Å². The summed E-state index contributed by atoms with van der Waals surface area (Å²) < 4.78 is 18.9. The largest absolute Gasteiger partial charge is 0.494 e. The zero-order valence-corrected chi connectivity index (χ0v) is 12.1. The molecule has 1 atom stereocenters. The van der Waals surface area contributed by atoms with Crippen LogP contribution in [0, 0.1) is 5.82 Å². The lowest BCUT2D eigenvalue weighted by molar-refractivity contribution is 0.386. The molecule has 2 rings (SSSR count). The number of benzene rings is 2. The molecule has 1 unspecified atom stereocenters. The second kappa shape index (κ2) is 6.53. The van der Waals surface area contributed by atoms with Gasteiger partial charge in [0.05, 0.1) is 13.2 Å². The Morgan fingerprint density at radius 2 is 1.95 bits per heavy atom. The van der Waals surface area contributed by atoms with Crippen molar-refractivity contribution in [2.24, 2.45) is 0 Å². The van der Waals surface area contributed by atoms with Crippen LogP contribution in [0.25, 0.3) is 0 Å². The molecule has 2 aromatic carbocycles. The Bertz CT molecular complexity index is 583. The third-order valence-corrected chi connectivity index (χ3v) is 3.54. The summed E-state index contributed by atoms with van der Waals surface area (Å²) in [6.07, 6.45) is 0.951. The smallest absolute Gasteiger partial charge is 0.165 e. The minimum absolute atomic E-state index is 0.0217. The van der Waals surface area contributed by atoms with E-state index in [0.29, 0.717) is 0 Å². The fraction of sp³-hybridized carbons (Fsp3) is 0.294. The van der Waals surface area contributed by atoms with Crippen LogP contribution in [0.3, 0.4) is 0 Å². The molecular weight excluding hydrogens is 253 g/mol. The molecule has 0 fully saturated rings. The van der Waals surface area contributed by atoms with E-state index in [0.717, 1.165) is 12.0 Å². The number of nitrogens with one attached hydrogen (secondary N) is 1. The van der Waals surface area contributed by atoms with Crippen LogP contribution in [-0.4, -0.2) is 14.2 Å². The SMILES string of the molecule is CCc1ccccc1C(NC)c1ccc(OC)c(F)c1. The maximum absolute atomic E-state index is 13.9. The summed E-state index contributed by atoms with van der Waals surface area (Å²) in [6.45, 7) is 2.13. The quantitative estimate of drug-likeness (QED) is 0.896. The molecule has 0 aliphatic carbocycles. The normalized spacial score (nSPS) is 12.2. The van der Waals surface area contributed by atoms with E-state index in [1.807, 2.05) is 25.2 Å². The highest BCUT2D eigenvalue weighted by Gasteiger charge is 2.16. The molecule has 0 aliphatic rings. The van der Waals surface area contributed by atoms with Crippen molar-refractivity contribution in [1.82, 2.24) is 5.32 Å². The van der Waals surface area contributed by atoms with Crippen LogP contribution in [0.15, 0.2) is 42.5 Å². The van der Waals surface area contributed by atoms with Gasteiger partial charge in [0, 0.05) is 0 Å². The predicted octanol–water partition coefficient (Wildman–Crippen LogP) is 3.71. The van der Waals surface area contributed by atoms with Crippen LogP contribution in [0.5, 0.6) is 5.75 Å². The van der Waals surface area contributed by atoms with Gasteiger partial charge < -0.3 is 10.1 Å². The van der Waals surface area contributed by atoms with Gasteiger partial charge in [0.25, 0.3) is 0 Å². The van der Waals surface area contributed by atoms with E-state index in [-0.39, 0.29) is 17.6 Å². The van der Waals surface area contributed by atoms with Gasteiger partial charge in [0.15, 0.2) is 11.6 Å². The first-order valence-electron chi connectivity index (χ1n) is 6.79. The first-order chi connectivity index (χ1) is 9.71. The molecule has 0 radical (unpaired) electrons. The first kappa shape index (κ1) is 14.5. The van der Waals surface area contributed by atoms with E-state index in [1.54, 1.807) is 6.07 Å². The van der Waals surface area contributed by atoms with Crippen LogP contribution in [0.2, 0.25) is 0 Å². The predicted molar refractivity (Wildman–Crippen MR) is 79.7 cm³/mol. The summed E-state index contributed by atoms with van der Waals surface area (Å²) in [5, 5.41) is 3.27. The zero-order valence-electron chi connectivity index (χ0n) is 12.1. The van der Waals surface area contributed by atoms with Crippen LogP contribution in [0.1, 0.15) is 29.7 Å². The Balaban J connectivity index is 2.44. The van der Waals surface area contributed by atoms with Gasteiger partial charge in [-0.05, 0) is 42.3 Å². The molecule has 0 saturated carbocycles. The van der Waals surface area contributed by atoms with Crippen molar-refractivity contribution < 1.29 is 9.13 Å². The van der Waals surface area contributed by atoms with Gasteiger partial charge in [-0.2, -0.15) is 0 Å². The zero-order chi connectivity index (χ0) is 14.5. The van der Waals surface area contributed by atoms with E-state index in [4.69, 9.17) is 4.74 Å². The number of ether oxygens (including phenoxy) is 1. The molecule has 0 bridgehead atoms. The molecule has 3 heteroatoms. The van der Waals surface area contributed by atoms with Crippen molar-refractivity contribution in [3.63, 3.8) is 0 Å². The van der Waals surface area contributed by atoms with Crippen molar-refractivity contribution in [3.8, 4) is 5.75 Å². The molecule has 1 N–H and O–H groups in total. The minimum Gasteiger partial charge on any atom is -0.494 e. The van der Waals surface area contributed by atoms with Crippen LogP contribution < -0.4 is 10.1 Å². The maximum Gasteiger partial charge on any atom is 0.165 e. The van der Waals surface area contributed by atoms with E-state index in [1.165, 1.54) is 24.3 Å². The van der Waals surface area contributed by atoms with E-state index in [9.17, 15) is 4.39 Å². The number of rotatable bonds is 5. The fourth-order valence-electron chi connectivity index (χ4n) is 2.50. The maximum atomic E-state index is 13.9. The molecule has 0 saturated heterocycles. The first-order valence-corrected chi connectivity index (χ1v) is 6.79.